The van der Waals surface area contributed by atoms with Crippen LogP contribution in [-0.2, 0) is 30.4 Å². The summed E-state index contributed by atoms with van der Waals surface area (Å²) in [5.41, 5.74) is 0.279. The highest BCUT2D eigenvalue weighted by molar-refractivity contribution is 5.97. The van der Waals surface area contributed by atoms with Gasteiger partial charge in [-0.15, -0.1) is 0 Å². The molecule has 16 nitrogen and oxygen atoms in total. The molecule has 0 aliphatic heterocycles. The zero-order valence-electron chi connectivity index (χ0n) is 19.7. The van der Waals surface area contributed by atoms with E-state index in [1.165, 1.54) is 36.1 Å². The van der Waals surface area contributed by atoms with Crippen LogP contribution in [-0.4, -0.2) is 121 Å². The number of carbonyl (C=O) groups is 5. The number of carboxylic acids is 5. The molecule has 0 aliphatic carbocycles. The van der Waals surface area contributed by atoms with Crippen LogP contribution in [0.25, 0.3) is 0 Å². The lowest BCUT2D eigenvalue weighted by Crippen LogP contribution is -2.54. The molecule has 37 heavy (non-hydrogen) atoms. The fourth-order valence-electron chi connectivity index (χ4n) is 3.66. The Morgan fingerprint density at radius 2 is 1.35 bits per heavy atom. The summed E-state index contributed by atoms with van der Waals surface area (Å²) in [6.07, 6.45) is -0.0106. The molecule has 1 aromatic carbocycles. The topological polar surface area (TPSA) is 248 Å². The molecule has 204 valence electrons. The molecule has 0 aliphatic rings. The van der Waals surface area contributed by atoms with Crippen LogP contribution in [0.4, 0.5) is 5.69 Å². The maximum Gasteiger partial charge on any atom is 0.332 e. The fraction of sp³-hybridized carbons (Fsp3) is 0.476. The standard InChI is InChI=1S/C21H28N4O12/c1-12(22-19(20(32)33)21(34)35)7-23(9-16(26)27)8-15(24(10-17(28)29)11-18(30)31)6-13-2-4-14(5-3-13)25(36)37/h2-5,12,15,19,22H,6-11H2,1H3,(H,26,27)(H,28,29)(H,30,31)(H,32,33)(H,34,35)/t12-,15-/m1/s1. The van der Waals surface area contributed by atoms with Crippen LogP contribution < -0.4 is 5.32 Å². The quantitative estimate of drug-likeness (QED) is 0.0750. The number of hydrogen-bond donors (Lipinski definition) is 6. The maximum atomic E-state index is 11.5. The molecule has 6 N–H and O–H groups in total. The number of benzene rings is 1. The average molecular weight is 528 g/mol. The molecule has 1 aromatic rings. The number of aliphatic carboxylic acids is 5. The molecule has 0 bridgehead atoms. The first kappa shape index (κ1) is 30.9. The van der Waals surface area contributed by atoms with Crippen LogP contribution in [0.3, 0.4) is 0 Å². The number of non-ortho nitro benzene ring substituents is 1. The van der Waals surface area contributed by atoms with E-state index in [4.69, 9.17) is 10.2 Å². The molecular formula is C21H28N4O12. The Bertz CT molecular complexity index is 970. The third kappa shape index (κ3) is 11.4. The van der Waals surface area contributed by atoms with Crippen molar-refractivity contribution >= 4 is 35.5 Å². The number of nitro groups is 1. The molecule has 1 rings (SSSR count). The summed E-state index contributed by atoms with van der Waals surface area (Å²) in [5, 5.41) is 59.4. The number of nitrogens with zero attached hydrogens (tertiary/aromatic N) is 3. The van der Waals surface area contributed by atoms with E-state index >= 15 is 0 Å². The van der Waals surface area contributed by atoms with Crippen molar-refractivity contribution in [2.45, 2.75) is 31.5 Å². The van der Waals surface area contributed by atoms with E-state index in [-0.39, 0.29) is 25.2 Å². The summed E-state index contributed by atoms with van der Waals surface area (Å²) < 4.78 is 0. The van der Waals surface area contributed by atoms with E-state index in [0.717, 1.165) is 4.90 Å². The number of nitro benzene ring substituents is 1. The van der Waals surface area contributed by atoms with Crippen LogP contribution >= 0.6 is 0 Å². The summed E-state index contributed by atoms with van der Waals surface area (Å²) >= 11 is 0. The molecule has 0 fully saturated rings. The Morgan fingerprint density at radius 1 is 0.865 bits per heavy atom. The minimum atomic E-state index is -1.96. The van der Waals surface area contributed by atoms with E-state index in [2.05, 4.69) is 5.32 Å². The minimum Gasteiger partial charge on any atom is -0.480 e. The van der Waals surface area contributed by atoms with Gasteiger partial charge in [0.15, 0.2) is 0 Å². The number of hydrogen-bond acceptors (Lipinski definition) is 10. The summed E-state index contributed by atoms with van der Waals surface area (Å²) in [7, 11) is 0. The molecule has 16 heteroatoms. The maximum absolute atomic E-state index is 11.5. The van der Waals surface area contributed by atoms with Crippen LogP contribution in [0, 0.1) is 10.1 Å². The zero-order valence-corrected chi connectivity index (χ0v) is 19.7. The molecule has 0 radical (unpaired) electrons. The van der Waals surface area contributed by atoms with Gasteiger partial charge in [0, 0.05) is 37.3 Å². The summed E-state index contributed by atoms with van der Waals surface area (Å²) in [6, 6.07) is 1.50. The summed E-state index contributed by atoms with van der Waals surface area (Å²) in [6.45, 7) is -1.00. The van der Waals surface area contributed by atoms with Crippen molar-refractivity contribution in [3.05, 3.63) is 39.9 Å². The van der Waals surface area contributed by atoms with E-state index < -0.39 is 72.5 Å². The van der Waals surface area contributed by atoms with E-state index in [1.807, 2.05) is 0 Å². The molecule has 0 saturated carbocycles. The zero-order chi connectivity index (χ0) is 28.3. The van der Waals surface area contributed by atoms with Gasteiger partial charge in [0.2, 0.25) is 6.04 Å². The van der Waals surface area contributed by atoms with Gasteiger partial charge in [-0.25, -0.2) is 9.59 Å². The molecule has 0 amide bonds. The lowest BCUT2D eigenvalue weighted by Gasteiger charge is -2.35. The average Bonchev–Trinajstić information content (AvgIpc) is 2.75. The van der Waals surface area contributed by atoms with E-state index in [0.29, 0.717) is 5.56 Å². The first-order chi connectivity index (χ1) is 17.2. The van der Waals surface area contributed by atoms with Gasteiger partial charge in [-0.1, -0.05) is 12.1 Å². The van der Waals surface area contributed by atoms with Crippen molar-refractivity contribution in [3.63, 3.8) is 0 Å². The van der Waals surface area contributed by atoms with Gasteiger partial charge in [-0.3, -0.25) is 39.6 Å². The van der Waals surface area contributed by atoms with E-state index in [1.54, 1.807) is 0 Å². The lowest BCUT2D eigenvalue weighted by atomic mass is 10.0. The van der Waals surface area contributed by atoms with Crippen molar-refractivity contribution in [1.82, 2.24) is 15.1 Å². The molecule has 0 spiro atoms. The van der Waals surface area contributed by atoms with Crippen molar-refractivity contribution in [3.8, 4) is 0 Å². The second-order valence-electron chi connectivity index (χ2n) is 8.24. The lowest BCUT2D eigenvalue weighted by molar-refractivity contribution is -0.384. The molecule has 0 heterocycles. The SMILES string of the molecule is C[C@H](CN(CC(=O)O)C[C@@H](Cc1ccc([N+](=O)[O-])cc1)N(CC(=O)O)CC(=O)O)NC(C(=O)O)C(=O)O. The van der Waals surface area contributed by atoms with Crippen molar-refractivity contribution in [2.24, 2.45) is 0 Å². The van der Waals surface area contributed by atoms with E-state index in [9.17, 15) is 49.4 Å². The number of nitrogens with one attached hydrogen (secondary N) is 1. The van der Waals surface area contributed by atoms with Crippen LogP contribution in [0.1, 0.15) is 12.5 Å². The summed E-state index contributed by atoms with van der Waals surface area (Å²) in [5.74, 6) is -7.30. The largest absolute Gasteiger partial charge is 0.480 e. The van der Waals surface area contributed by atoms with Gasteiger partial charge in [0.1, 0.15) is 0 Å². The second-order valence-corrected chi connectivity index (χ2v) is 8.24. The van der Waals surface area contributed by atoms with Crippen LogP contribution in [0.15, 0.2) is 24.3 Å². The van der Waals surface area contributed by atoms with Crippen molar-refractivity contribution in [1.29, 1.82) is 0 Å². The van der Waals surface area contributed by atoms with Gasteiger partial charge in [-0.05, 0) is 18.9 Å². The normalized spacial score (nSPS) is 12.9. The fourth-order valence-corrected chi connectivity index (χ4v) is 3.66. The Labute approximate surface area is 209 Å². The highest BCUT2D eigenvalue weighted by Gasteiger charge is 2.30. The van der Waals surface area contributed by atoms with Crippen LogP contribution in [0.2, 0.25) is 0 Å². The molecule has 2 atom stereocenters. The number of carboxylic acid groups (broad SMARTS) is 5. The predicted octanol–water partition coefficient (Wildman–Crippen LogP) is -1.12. The highest BCUT2D eigenvalue weighted by atomic mass is 16.6. The summed E-state index contributed by atoms with van der Waals surface area (Å²) in [4.78, 5) is 69.3. The smallest absolute Gasteiger partial charge is 0.332 e. The van der Waals surface area contributed by atoms with Gasteiger partial charge >= 0.3 is 29.8 Å². The van der Waals surface area contributed by atoms with Crippen molar-refractivity contribution in [2.75, 3.05) is 32.7 Å². The van der Waals surface area contributed by atoms with Crippen molar-refractivity contribution < 1.29 is 54.4 Å². The molecule has 0 saturated heterocycles. The number of rotatable bonds is 18. The second kappa shape index (κ2) is 14.4. The van der Waals surface area contributed by atoms with Gasteiger partial charge in [0.05, 0.1) is 24.6 Å². The highest BCUT2D eigenvalue weighted by Crippen LogP contribution is 2.16. The Morgan fingerprint density at radius 3 is 1.76 bits per heavy atom. The van der Waals surface area contributed by atoms with Gasteiger partial charge < -0.3 is 25.5 Å². The molecule has 0 unspecified atom stereocenters. The Balaban J connectivity index is 3.27. The first-order valence-corrected chi connectivity index (χ1v) is 10.8. The molecular weight excluding hydrogens is 500 g/mol. The predicted molar refractivity (Wildman–Crippen MR) is 123 cm³/mol. The third-order valence-electron chi connectivity index (χ3n) is 5.12. The van der Waals surface area contributed by atoms with Crippen LogP contribution in [0.5, 0.6) is 0 Å². The monoisotopic (exact) mass is 528 g/mol. The Hall–Kier alpha value is -4.15. The first-order valence-electron chi connectivity index (χ1n) is 10.8. The minimum absolute atomic E-state index is 0.0106. The van der Waals surface area contributed by atoms with Gasteiger partial charge in [0.25, 0.3) is 5.69 Å². The molecule has 0 aromatic heterocycles. The third-order valence-corrected chi connectivity index (χ3v) is 5.12. The van der Waals surface area contributed by atoms with Gasteiger partial charge in [-0.2, -0.15) is 0 Å². The Kier molecular flexibility index (Phi) is 12.0.